The highest BCUT2D eigenvalue weighted by Gasteiger charge is 2.38. The molecule has 2 aromatic rings. The first-order valence-corrected chi connectivity index (χ1v) is 8.76. The zero-order valence-electron chi connectivity index (χ0n) is 16.1. The number of aliphatic carboxylic acids is 1. The molecule has 2 rings (SSSR count). The number of halogens is 7. The number of carboxylic acid groups (broad SMARTS) is 1. The van der Waals surface area contributed by atoms with Crippen LogP contribution in [0.3, 0.4) is 0 Å². The van der Waals surface area contributed by atoms with E-state index in [0.29, 0.717) is 12.1 Å². The molecule has 12 heteroatoms. The van der Waals surface area contributed by atoms with Crippen LogP contribution in [0, 0.1) is 5.82 Å². The number of hydrogen-bond donors (Lipinski definition) is 1. The summed E-state index contributed by atoms with van der Waals surface area (Å²) in [6, 6.07) is 4.62. The van der Waals surface area contributed by atoms with Crippen molar-refractivity contribution < 1.29 is 54.9 Å². The molecule has 2 aromatic carbocycles. The number of Topliss-reactive ketones (excluding diaryl/α,β-unsaturated/α-hetero) is 1. The molecule has 0 heterocycles. The van der Waals surface area contributed by atoms with Gasteiger partial charge in [-0.25, -0.2) is 9.18 Å². The van der Waals surface area contributed by atoms with Gasteiger partial charge in [0.05, 0.1) is 17.2 Å². The van der Waals surface area contributed by atoms with Gasteiger partial charge in [-0.3, -0.25) is 4.79 Å². The van der Waals surface area contributed by atoms with Crippen LogP contribution in [-0.2, 0) is 26.6 Å². The first-order chi connectivity index (χ1) is 14.7. The largest absolute Gasteiger partial charge is 0.480 e. The molecule has 0 aliphatic carbocycles. The van der Waals surface area contributed by atoms with Gasteiger partial charge in [0.2, 0.25) is 12.1 Å². The van der Waals surface area contributed by atoms with E-state index in [-0.39, 0.29) is 11.6 Å². The molecular weight excluding hydrogens is 453 g/mol. The van der Waals surface area contributed by atoms with E-state index in [4.69, 9.17) is 14.6 Å². The van der Waals surface area contributed by atoms with Gasteiger partial charge in [-0.1, -0.05) is 0 Å². The molecule has 5 nitrogen and oxygen atoms in total. The average molecular weight is 468 g/mol. The van der Waals surface area contributed by atoms with E-state index in [1.54, 1.807) is 0 Å². The molecule has 2 atom stereocenters. The summed E-state index contributed by atoms with van der Waals surface area (Å²) in [5, 5.41) is 8.76. The van der Waals surface area contributed by atoms with Gasteiger partial charge in [-0.15, -0.1) is 0 Å². The number of rotatable bonds is 8. The highest BCUT2D eigenvalue weighted by Crippen LogP contribution is 2.38. The van der Waals surface area contributed by atoms with Crippen LogP contribution < -0.4 is 0 Å². The van der Waals surface area contributed by atoms with Gasteiger partial charge in [0, 0.05) is 5.56 Å². The summed E-state index contributed by atoms with van der Waals surface area (Å²) in [5.74, 6) is -3.22. The smallest absolute Gasteiger partial charge is 0.416 e. The lowest BCUT2D eigenvalue weighted by molar-refractivity contribution is -0.166. The minimum absolute atomic E-state index is 0.0711. The van der Waals surface area contributed by atoms with Crippen molar-refractivity contribution in [1.82, 2.24) is 0 Å². The van der Waals surface area contributed by atoms with Gasteiger partial charge >= 0.3 is 18.3 Å². The number of carboxylic acids is 1. The Hall–Kier alpha value is -2.99. The van der Waals surface area contributed by atoms with Gasteiger partial charge in [0.1, 0.15) is 12.4 Å². The summed E-state index contributed by atoms with van der Waals surface area (Å²) in [6.45, 7) is 0.00538. The third-order valence-electron chi connectivity index (χ3n) is 4.11. The molecule has 0 bridgehead atoms. The van der Waals surface area contributed by atoms with Gasteiger partial charge < -0.3 is 14.6 Å². The van der Waals surface area contributed by atoms with Crippen LogP contribution in [0.4, 0.5) is 30.7 Å². The predicted molar refractivity (Wildman–Crippen MR) is 94.1 cm³/mol. The van der Waals surface area contributed by atoms with Crippen molar-refractivity contribution in [3.05, 3.63) is 70.5 Å². The maximum absolute atomic E-state index is 13.1. The fourth-order valence-corrected chi connectivity index (χ4v) is 2.55. The summed E-state index contributed by atoms with van der Waals surface area (Å²) in [5.41, 5.74) is -3.95. The highest BCUT2D eigenvalue weighted by atomic mass is 19.4. The summed E-state index contributed by atoms with van der Waals surface area (Å²) in [6.07, 6.45) is -13.8. The molecule has 0 saturated heterocycles. The quantitative estimate of drug-likeness (QED) is 0.326. The Morgan fingerprint density at radius 2 is 1.44 bits per heavy atom. The van der Waals surface area contributed by atoms with Crippen molar-refractivity contribution in [3.8, 4) is 0 Å². The number of ether oxygens (including phenoxy) is 2. The summed E-state index contributed by atoms with van der Waals surface area (Å²) in [7, 11) is 0. The standard InChI is InChI=1S/C20H15F7O5/c1-10(12-6-13(19(22,23)24)8-14(7-12)20(25,26)27)32-18(31-9-16(28)29)17(30)11-2-4-15(21)5-3-11/h2-8,10,18H,9H2,1H3,(H,28,29)/t10-,18-/m1/s1. The summed E-state index contributed by atoms with van der Waals surface area (Å²) in [4.78, 5) is 23.3. The molecule has 0 aromatic heterocycles. The molecule has 0 aliphatic rings. The normalized spacial score (nSPS) is 14.1. The minimum Gasteiger partial charge on any atom is -0.480 e. The van der Waals surface area contributed by atoms with Crippen LogP contribution in [-0.4, -0.2) is 29.8 Å². The Morgan fingerprint density at radius 1 is 0.938 bits per heavy atom. The Bertz CT molecular complexity index is 936. The van der Waals surface area contributed by atoms with Crippen LogP contribution in [0.5, 0.6) is 0 Å². The molecule has 0 radical (unpaired) electrons. The van der Waals surface area contributed by atoms with E-state index >= 15 is 0 Å². The molecule has 0 spiro atoms. The lowest BCUT2D eigenvalue weighted by Gasteiger charge is -2.23. The zero-order valence-corrected chi connectivity index (χ0v) is 16.1. The number of ketones is 1. The highest BCUT2D eigenvalue weighted by molar-refractivity contribution is 5.98. The van der Waals surface area contributed by atoms with Gasteiger partial charge in [-0.05, 0) is 55.0 Å². The van der Waals surface area contributed by atoms with Crippen molar-refractivity contribution in [1.29, 1.82) is 0 Å². The molecule has 0 fully saturated rings. The lowest BCUT2D eigenvalue weighted by Crippen LogP contribution is -2.31. The summed E-state index contributed by atoms with van der Waals surface area (Å²) >= 11 is 0. The molecule has 0 amide bonds. The van der Waals surface area contributed by atoms with Crippen molar-refractivity contribution in [2.45, 2.75) is 31.7 Å². The molecular formula is C20H15F7O5. The summed E-state index contributed by atoms with van der Waals surface area (Å²) < 4.78 is 102. The monoisotopic (exact) mass is 468 g/mol. The number of benzene rings is 2. The van der Waals surface area contributed by atoms with Crippen molar-refractivity contribution in [3.63, 3.8) is 0 Å². The molecule has 1 N–H and O–H groups in total. The second-order valence-electron chi connectivity index (χ2n) is 6.53. The van der Waals surface area contributed by atoms with Gasteiger partial charge in [0.25, 0.3) is 0 Å². The second-order valence-corrected chi connectivity index (χ2v) is 6.53. The van der Waals surface area contributed by atoms with Crippen LogP contribution in [0.1, 0.15) is 40.1 Å². The van der Waals surface area contributed by atoms with Gasteiger partial charge in [-0.2, -0.15) is 26.3 Å². The van der Waals surface area contributed by atoms with E-state index in [2.05, 4.69) is 0 Å². The number of hydrogen-bond acceptors (Lipinski definition) is 4. The van der Waals surface area contributed by atoms with Crippen molar-refractivity contribution in [2.75, 3.05) is 6.61 Å². The number of carbonyl (C=O) groups is 2. The number of alkyl halides is 6. The average Bonchev–Trinajstić information content (AvgIpc) is 2.69. The fraction of sp³-hybridized carbons (Fsp3) is 0.300. The molecule has 0 unspecified atom stereocenters. The van der Waals surface area contributed by atoms with Crippen molar-refractivity contribution >= 4 is 11.8 Å². The number of carbonyl (C=O) groups excluding carboxylic acids is 1. The zero-order chi connectivity index (χ0) is 24.3. The molecule has 0 saturated carbocycles. The second kappa shape index (κ2) is 9.65. The first kappa shape index (κ1) is 25.3. The Kier molecular flexibility index (Phi) is 7.62. The van der Waals surface area contributed by atoms with E-state index in [1.165, 1.54) is 0 Å². The van der Waals surface area contributed by atoms with E-state index in [1.807, 2.05) is 0 Å². The predicted octanol–water partition coefficient (Wildman–Crippen LogP) is 5.25. The SMILES string of the molecule is C[C@@H](O[C@@H](OCC(=O)O)C(=O)c1ccc(F)cc1)c1cc(C(F)(F)F)cc(C(F)(F)F)c1. The molecule has 0 aliphatic heterocycles. The molecule has 174 valence electrons. The Balaban J connectivity index is 2.39. The van der Waals surface area contributed by atoms with E-state index < -0.39 is 65.6 Å². The van der Waals surface area contributed by atoms with Crippen LogP contribution in [0.2, 0.25) is 0 Å². The lowest BCUT2D eigenvalue weighted by atomic mass is 10.0. The van der Waals surface area contributed by atoms with Crippen molar-refractivity contribution in [2.24, 2.45) is 0 Å². The first-order valence-electron chi connectivity index (χ1n) is 8.76. The minimum atomic E-state index is -5.10. The Morgan fingerprint density at radius 3 is 1.88 bits per heavy atom. The Labute approximate surface area is 176 Å². The van der Waals surface area contributed by atoms with Gasteiger partial charge in [0.15, 0.2) is 0 Å². The topological polar surface area (TPSA) is 72.8 Å². The fourth-order valence-electron chi connectivity index (χ4n) is 2.55. The van der Waals surface area contributed by atoms with Crippen LogP contribution >= 0.6 is 0 Å². The van der Waals surface area contributed by atoms with Crippen LogP contribution in [0.15, 0.2) is 42.5 Å². The van der Waals surface area contributed by atoms with E-state index in [9.17, 15) is 40.3 Å². The maximum atomic E-state index is 13.1. The van der Waals surface area contributed by atoms with Crippen LogP contribution in [0.25, 0.3) is 0 Å². The third-order valence-corrected chi connectivity index (χ3v) is 4.11. The third kappa shape index (κ3) is 6.76. The van der Waals surface area contributed by atoms with E-state index in [0.717, 1.165) is 31.2 Å². The molecule has 32 heavy (non-hydrogen) atoms. The maximum Gasteiger partial charge on any atom is 0.416 e.